The number of aliphatic hydroxyl groups is 1. The van der Waals surface area contributed by atoms with E-state index in [1.54, 1.807) is 4.68 Å². The fourth-order valence-electron chi connectivity index (χ4n) is 2.90. The van der Waals surface area contributed by atoms with Crippen LogP contribution >= 0.6 is 0 Å². The number of hydrogen-bond acceptors (Lipinski definition) is 4. The summed E-state index contributed by atoms with van der Waals surface area (Å²) in [6.45, 7) is 0.283. The van der Waals surface area contributed by atoms with Crippen molar-refractivity contribution in [2.24, 2.45) is 0 Å². The Morgan fingerprint density at radius 3 is 2.84 bits per heavy atom. The minimum Gasteiger partial charge on any atom is -0.387 e. The van der Waals surface area contributed by atoms with E-state index in [-0.39, 0.29) is 19.0 Å². The van der Waals surface area contributed by atoms with Crippen LogP contribution in [0.5, 0.6) is 0 Å². The minimum absolute atomic E-state index is 0.115. The van der Waals surface area contributed by atoms with Gasteiger partial charge in [0.05, 0.1) is 11.8 Å². The van der Waals surface area contributed by atoms with Crippen LogP contribution < -0.4 is 5.32 Å². The zero-order chi connectivity index (χ0) is 17.2. The summed E-state index contributed by atoms with van der Waals surface area (Å²) in [5.41, 5.74) is 1.75. The summed E-state index contributed by atoms with van der Waals surface area (Å²) in [5.74, 6) is 0.332. The molecule has 1 amide bonds. The lowest BCUT2D eigenvalue weighted by Crippen LogP contribution is -2.31. The van der Waals surface area contributed by atoms with Gasteiger partial charge in [-0.05, 0) is 35.2 Å². The molecule has 1 aliphatic carbocycles. The number of fused-ring (bicyclic) bond motifs is 1. The number of amides is 1. The number of carbonyl (C=O) groups excluding carboxylic acids is 1. The van der Waals surface area contributed by atoms with E-state index in [2.05, 4.69) is 15.6 Å². The van der Waals surface area contributed by atoms with Gasteiger partial charge in [-0.15, -0.1) is 5.10 Å². The number of carbonyl (C=O) groups is 1. The molecule has 1 unspecified atom stereocenters. The van der Waals surface area contributed by atoms with Crippen molar-refractivity contribution in [3.8, 4) is 0 Å². The third-order valence-corrected chi connectivity index (χ3v) is 4.51. The molecule has 128 valence electrons. The molecule has 25 heavy (non-hydrogen) atoms. The largest absolute Gasteiger partial charge is 0.387 e. The van der Waals surface area contributed by atoms with Crippen molar-refractivity contribution in [3.63, 3.8) is 0 Å². The van der Waals surface area contributed by atoms with Gasteiger partial charge in [0.15, 0.2) is 0 Å². The number of aromatic nitrogens is 3. The van der Waals surface area contributed by atoms with Gasteiger partial charge in [0.25, 0.3) is 0 Å². The molecule has 3 aromatic rings. The Morgan fingerprint density at radius 1 is 1.24 bits per heavy atom. The van der Waals surface area contributed by atoms with Crippen molar-refractivity contribution in [1.82, 2.24) is 20.3 Å². The molecule has 1 atom stereocenters. The summed E-state index contributed by atoms with van der Waals surface area (Å²) in [6, 6.07) is 13.8. The highest BCUT2D eigenvalue weighted by atomic mass is 16.3. The summed E-state index contributed by atoms with van der Waals surface area (Å²) < 4.78 is 1.55. The van der Waals surface area contributed by atoms with Gasteiger partial charge in [-0.2, -0.15) is 0 Å². The number of nitrogens with zero attached hydrogens (tertiary/aromatic N) is 3. The average Bonchev–Trinajstić information content (AvgIpc) is 3.39. The summed E-state index contributed by atoms with van der Waals surface area (Å²) in [5, 5.41) is 23.3. The quantitative estimate of drug-likeness (QED) is 0.723. The Kier molecular flexibility index (Phi) is 4.19. The molecule has 1 fully saturated rings. The zero-order valence-electron chi connectivity index (χ0n) is 13.8. The molecule has 6 heteroatoms. The molecule has 0 saturated heterocycles. The van der Waals surface area contributed by atoms with Crippen LogP contribution in [0.25, 0.3) is 10.8 Å². The van der Waals surface area contributed by atoms with Crippen molar-refractivity contribution in [2.45, 2.75) is 31.4 Å². The van der Waals surface area contributed by atoms with Gasteiger partial charge < -0.3 is 10.4 Å². The normalized spacial score (nSPS) is 15.2. The summed E-state index contributed by atoms with van der Waals surface area (Å²) in [6.07, 6.45) is 3.40. The van der Waals surface area contributed by atoms with E-state index in [0.29, 0.717) is 5.92 Å². The van der Waals surface area contributed by atoms with Crippen LogP contribution in [0, 0.1) is 0 Å². The fourth-order valence-corrected chi connectivity index (χ4v) is 2.90. The van der Waals surface area contributed by atoms with Crippen LogP contribution in [0.4, 0.5) is 0 Å². The maximum atomic E-state index is 12.0. The SMILES string of the molecule is O=C(Cn1cc(C2CC2)nn1)NCC(O)c1ccc2ccccc2c1. The first-order chi connectivity index (χ1) is 12.2. The van der Waals surface area contributed by atoms with E-state index in [0.717, 1.165) is 34.9 Å². The van der Waals surface area contributed by atoms with Crippen molar-refractivity contribution < 1.29 is 9.90 Å². The first kappa shape index (κ1) is 15.8. The zero-order valence-corrected chi connectivity index (χ0v) is 13.8. The highest BCUT2D eigenvalue weighted by Gasteiger charge is 2.26. The van der Waals surface area contributed by atoms with Crippen molar-refractivity contribution in [2.75, 3.05) is 6.54 Å². The fraction of sp³-hybridized carbons (Fsp3) is 0.316. The second kappa shape index (κ2) is 6.64. The molecule has 0 spiro atoms. The molecule has 1 aliphatic rings. The molecule has 4 rings (SSSR count). The van der Waals surface area contributed by atoms with Crippen molar-refractivity contribution >= 4 is 16.7 Å². The third kappa shape index (κ3) is 3.69. The Hall–Kier alpha value is -2.73. The van der Waals surface area contributed by atoms with Gasteiger partial charge in [-0.25, -0.2) is 4.68 Å². The Bertz CT molecular complexity index is 901. The second-order valence-electron chi connectivity index (χ2n) is 6.54. The molecule has 2 N–H and O–H groups in total. The van der Waals surface area contributed by atoms with E-state index < -0.39 is 6.10 Å². The molecule has 1 aromatic heterocycles. The number of nitrogens with one attached hydrogen (secondary N) is 1. The van der Waals surface area contributed by atoms with E-state index in [1.165, 1.54) is 0 Å². The summed E-state index contributed by atoms with van der Waals surface area (Å²) in [4.78, 5) is 12.0. The molecule has 0 aliphatic heterocycles. The van der Waals surface area contributed by atoms with E-state index in [1.807, 2.05) is 48.7 Å². The predicted octanol–water partition coefficient (Wildman–Crippen LogP) is 2.16. The molecular weight excluding hydrogens is 316 g/mol. The standard InChI is InChI=1S/C19H20N4O2/c24-18(16-8-5-13-3-1-2-4-15(13)9-16)10-20-19(25)12-23-11-17(21-22-23)14-6-7-14/h1-5,8-9,11,14,18,24H,6-7,10,12H2,(H,20,25). The number of benzene rings is 2. The number of rotatable bonds is 6. The van der Waals surface area contributed by atoms with Gasteiger partial charge in [-0.1, -0.05) is 41.6 Å². The van der Waals surface area contributed by atoms with Gasteiger partial charge in [0.2, 0.25) is 5.91 Å². The van der Waals surface area contributed by atoms with E-state index >= 15 is 0 Å². The van der Waals surface area contributed by atoms with Gasteiger partial charge in [-0.3, -0.25) is 4.79 Å². The Labute approximate surface area is 145 Å². The van der Waals surface area contributed by atoms with E-state index in [4.69, 9.17) is 0 Å². The van der Waals surface area contributed by atoms with Crippen LogP contribution in [-0.4, -0.2) is 32.6 Å². The number of hydrogen-bond donors (Lipinski definition) is 2. The molecule has 1 heterocycles. The summed E-state index contributed by atoms with van der Waals surface area (Å²) in [7, 11) is 0. The first-order valence-electron chi connectivity index (χ1n) is 8.52. The molecule has 6 nitrogen and oxygen atoms in total. The lowest BCUT2D eigenvalue weighted by Gasteiger charge is -2.13. The Balaban J connectivity index is 1.33. The number of aliphatic hydroxyl groups excluding tert-OH is 1. The Morgan fingerprint density at radius 2 is 2.04 bits per heavy atom. The summed E-state index contributed by atoms with van der Waals surface area (Å²) >= 11 is 0. The molecule has 0 bridgehead atoms. The lowest BCUT2D eigenvalue weighted by molar-refractivity contribution is -0.122. The third-order valence-electron chi connectivity index (χ3n) is 4.51. The van der Waals surface area contributed by atoms with Crippen LogP contribution in [0.2, 0.25) is 0 Å². The van der Waals surface area contributed by atoms with Crippen molar-refractivity contribution in [1.29, 1.82) is 0 Å². The molecule has 0 radical (unpaired) electrons. The van der Waals surface area contributed by atoms with Gasteiger partial charge >= 0.3 is 0 Å². The second-order valence-corrected chi connectivity index (χ2v) is 6.54. The van der Waals surface area contributed by atoms with Gasteiger partial charge in [0, 0.05) is 18.7 Å². The van der Waals surface area contributed by atoms with E-state index in [9.17, 15) is 9.90 Å². The maximum absolute atomic E-state index is 12.0. The minimum atomic E-state index is -0.744. The van der Waals surface area contributed by atoms with Crippen molar-refractivity contribution in [3.05, 3.63) is 59.9 Å². The maximum Gasteiger partial charge on any atom is 0.241 e. The van der Waals surface area contributed by atoms with Crippen LogP contribution in [0.1, 0.15) is 36.1 Å². The van der Waals surface area contributed by atoms with Crippen LogP contribution in [0.3, 0.4) is 0 Å². The highest BCUT2D eigenvalue weighted by molar-refractivity contribution is 5.83. The topological polar surface area (TPSA) is 80.0 Å². The molecule has 1 saturated carbocycles. The molecule has 2 aromatic carbocycles. The highest BCUT2D eigenvalue weighted by Crippen LogP contribution is 2.38. The lowest BCUT2D eigenvalue weighted by atomic mass is 10.0. The first-order valence-corrected chi connectivity index (χ1v) is 8.52. The van der Waals surface area contributed by atoms with Gasteiger partial charge in [0.1, 0.15) is 6.54 Å². The average molecular weight is 336 g/mol. The smallest absolute Gasteiger partial charge is 0.241 e. The predicted molar refractivity (Wildman–Crippen MR) is 93.9 cm³/mol. The van der Waals surface area contributed by atoms with Crippen LogP contribution in [0.15, 0.2) is 48.7 Å². The molecular formula is C19H20N4O2. The van der Waals surface area contributed by atoms with Crippen LogP contribution in [-0.2, 0) is 11.3 Å². The monoisotopic (exact) mass is 336 g/mol.